The average Bonchev–Trinajstić information content (AvgIpc) is 3.14. The van der Waals surface area contributed by atoms with Gasteiger partial charge >= 0.3 is 0 Å². The van der Waals surface area contributed by atoms with Crippen LogP contribution in [0.1, 0.15) is 53.4 Å². The Morgan fingerprint density at radius 3 is 2.54 bits per heavy atom. The molecule has 7 atom stereocenters. The molecule has 0 aromatic heterocycles. The van der Waals surface area contributed by atoms with Crippen molar-refractivity contribution in [1.29, 1.82) is 0 Å². The van der Waals surface area contributed by atoms with E-state index in [1.807, 2.05) is 13.0 Å². The highest BCUT2D eigenvalue weighted by Crippen LogP contribution is 2.60. The molecule has 0 radical (unpaired) electrons. The maximum atomic E-state index is 14.2. The lowest BCUT2D eigenvalue weighted by Crippen LogP contribution is -2.58. The Balaban J connectivity index is 2.10. The molecule has 160 valence electrons. The number of allylic oxidation sites excluding steroid dienone is 1. The summed E-state index contributed by atoms with van der Waals surface area (Å²) in [5.41, 5.74) is -2.60. The van der Waals surface area contributed by atoms with Crippen molar-refractivity contribution in [2.75, 3.05) is 27.6 Å². The highest BCUT2D eigenvalue weighted by molar-refractivity contribution is 5.90. The number of carbonyl (C=O) groups is 1. The second kappa shape index (κ2) is 7.82. The molecule has 28 heavy (non-hydrogen) atoms. The van der Waals surface area contributed by atoms with Crippen LogP contribution in [0.15, 0.2) is 12.2 Å². The summed E-state index contributed by atoms with van der Waals surface area (Å²) in [5.74, 6) is 0.623. The lowest BCUT2D eigenvalue weighted by atomic mass is 9.60. The van der Waals surface area contributed by atoms with Crippen molar-refractivity contribution < 1.29 is 24.1 Å². The molecule has 5 nitrogen and oxygen atoms in total. The number of ether oxygens (including phenoxy) is 3. The highest BCUT2D eigenvalue weighted by atomic mass is 16.7. The van der Waals surface area contributed by atoms with E-state index in [-0.39, 0.29) is 36.2 Å². The predicted molar refractivity (Wildman–Crippen MR) is 108 cm³/mol. The van der Waals surface area contributed by atoms with Crippen molar-refractivity contribution >= 4 is 5.78 Å². The van der Waals surface area contributed by atoms with Crippen molar-refractivity contribution in [3.8, 4) is 0 Å². The van der Waals surface area contributed by atoms with Crippen LogP contribution in [0.25, 0.3) is 0 Å². The summed E-state index contributed by atoms with van der Waals surface area (Å²) in [6.45, 7) is 8.92. The summed E-state index contributed by atoms with van der Waals surface area (Å²) in [4.78, 5) is 14.2. The molecule has 0 amide bonds. The number of aliphatic hydroxyl groups is 1. The quantitative estimate of drug-likeness (QED) is 0.551. The van der Waals surface area contributed by atoms with Gasteiger partial charge in [0.15, 0.2) is 0 Å². The van der Waals surface area contributed by atoms with Crippen molar-refractivity contribution in [3.05, 3.63) is 12.2 Å². The standard InChI is InChI=1S/C23H38O5/c1-15(2)18-9-10-21(4)20(24)19-17(16(3)7-12-23(18,21)25)8-11-22(19,13-26-5)28-14-27-6/h7,12,15-19,25H,8-11,13-14H2,1-6H3/b12-7-/t16-,17-,18-,19+,21+,22-,23-/m0/s1. The summed E-state index contributed by atoms with van der Waals surface area (Å²) in [7, 11) is 3.26. The zero-order valence-electron chi connectivity index (χ0n) is 18.4. The molecule has 0 heterocycles. The Morgan fingerprint density at radius 1 is 1.21 bits per heavy atom. The Morgan fingerprint density at radius 2 is 1.93 bits per heavy atom. The summed E-state index contributed by atoms with van der Waals surface area (Å²) in [6, 6.07) is 0. The first-order chi connectivity index (χ1) is 13.2. The van der Waals surface area contributed by atoms with Crippen molar-refractivity contribution in [2.24, 2.45) is 35.0 Å². The lowest BCUT2D eigenvalue weighted by molar-refractivity contribution is -0.188. The zero-order valence-corrected chi connectivity index (χ0v) is 18.4. The third-order valence-electron chi connectivity index (χ3n) is 8.11. The van der Waals surface area contributed by atoms with E-state index in [4.69, 9.17) is 14.2 Å². The molecule has 0 unspecified atom stereocenters. The molecule has 1 N–H and O–H groups in total. The first-order valence-electron chi connectivity index (χ1n) is 10.7. The van der Waals surface area contributed by atoms with Gasteiger partial charge in [-0.25, -0.2) is 0 Å². The molecule has 3 rings (SSSR count). The Hall–Kier alpha value is -0.750. The van der Waals surface area contributed by atoms with Crippen molar-refractivity contribution in [1.82, 2.24) is 0 Å². The van der Waals surface area contributed by atoms with Gasteiger partial charge in [-0.1, -0.05) is 32.9 Å². The third-order valence-corrected chi connectivity index (χ3v) is 8.11. The summed E-state index contributed by atoms with van der Waals surface area (Å²) < 4.78 is 16.9. The van der Waals surface area contributed by atoms with Gasteiger partial charge in [0, 0.05) is 14.2 Å². The molecule has 0 spiro atoms. The molecule has 0 aromatic rings. The molecule has 5 heteroatoms. The fraction of sp³-hybridized carbons (Fsp3) is 0.870. The van der Waals surface area contributed by atoms with Crippen LogP contribution >= 0.6 is 0 Å². The van der Waals surface area contributed by atoms with E-state index in [0.29, 0.717) is 18.9 Å². The summed E-state index contributed by atoms with van der Waals surface area (Å²) in [5, 5.41) is 11.9. The van der Waals surface area contributed by atoms with E-state index in [1.165, 1.54) is 0 Å². The second-order valence-electron chi connectivity index (χ2n) is 9.86. The van der Waals surface area contributed by atoms with E-state index >= 15 is 0 Å². The molecular weight excluding hydrogens is 356 g/mol. The van der Waals surface area contributed by atoms with Crippen LogP contribution in [0.2, 0.25) is 0 Å². The van der Waals surface area contributed by atoms with Gasteiger partial charge in [0.2, 0.25) is 0 Å². The van der Waals surface area contributed by atoms with E-state index in [1.54, 1.807) is 14.2 Å². The third kappa shape index (κ3) is 3.10. The number of Topliss-reactive ketones (excluding diaryl/α,β-unsaturated/α-hetero) is 1. The maximum absolute atomic E-state index is 14.2. The van der Waals surface area contributed by atoms with Crippen LogP contribution in [-0.4, -0.2) is 49.7 Å². The maximum Gasteiger partial charge on any atom is 0.148 e. The smallest absolute Gasteiger partial charge is 0.148 e. The van der Waals surface area contributed by atoms with E-state index < -0.39 is 16.6 Å². The first-order valence-corrected chi connectivity index (χ1v) is 10.7. The van der Waals surface area contributed by atoms with E-state index in [2.05, 4.69) is 26.8 Å². The topological polar surface area (TPSA) is 65.0 Å². The number of ketones is 1. The number of fused-ring (bicyclic) bond motifs is 2. The number of carbonyl (C=O) groups excluding carboxylic acids is 1. The van der Waals surface area contributed by atoms with Crippen LogP contribution in [-0.2, 0) is 19.0 Å². The average molecular weight is 395 g/mol. The normalized spacial score (nSPS) is 46.9. The minimum absolute atomic E-state index is 0.0829. The Kier molecular flexibility index (Phi) is 6.13. The van der Waals surface area contributed by atoms with Crippen molar-refractivity contribution in [3.63, 3.8) is 0 Å². The largest absolute Gasteiger partial charge is 0.384 e. The van der Waals surface area contributed by atoms with Crippen LogP contribution < -0.4 is 0 Å². The molecule has 0 aliphatic heterocycles. The number of hydrogen-bond donors (Lipinski definition) is 1. The van der Waals surface area contributed by atoms with Crippen LogP contribution in [0.5, 0.6) is 0 Å². The minimum Gasteiger partial charge on any atom is -0.384 e. The van der Waals surface area contributed by atoms with Crippen molar-refractivity contribution in [2.45, 2.75) is 64.6 Å². The van der Waals surface area contributed by atoms with Gasteiger partial charge < -0.3 is 19.3 Å². The van der Waals surface area contributed by atoms with Crippen LogP contribution in [0.4, 0.5) is 0 Å². The molecule has 0 bridgehead atoms. The lowest BCUT2D eigenvalue weighted by Gasteiger charge is -2.47. The predicted octanol–water partition coefficient (Wildman–Crippen LogP) is 3.60. The number of hydrogen-bond acceptors (Lipinski definition) is 5. The van der Waals surface area contributed by atoms with Gasteiger partial charge in [0.25, 0.3) is 0 Å². The molecule has 3 aliphatic carbocycles. The Bertz CT molecular complexity index is 616. The molecule has 3 aliphatic rings. The fourth-order valence-corrected chi connectivity index (χ4v) is 6.44. The molecule has 0 saturated heterocycles. The number of rotatable bonds is 6. The molecule has 0 aromatic carbocycles. The molecule has 2 fully saturated rings. The van der Waals surface area contributed by atoms with E-state index in [0.717, 1.165) is 19.3 Å². The number of methoxy groups -OCH3 is 2. The second-order valence-corrected chi connectivity index (χ2v) is 9.86. The van der Waals surface area contributed by atoms with Gasteiger partial charge in [-0.3, -0.25) is 4.79 Å². The monoisotopic (exact) mass is 394 g/mol. The van der Waals surface area contributed by atoms with Gasteiger partial charge in [-0.05, 0) is 56.3 Å². The molecule has 2 saturated carbocycles. The fourth-order valence-electron chi connectivity index (χ4n) is 6.44. The van der Waals surface area contributed by atoms with Gasteiger partial charge in [0.1, 0.15) is 18.2 Å². The Labute approximate surface area is 169 Å². The summed E-state index contributed by atoms with van der Waals surface area (Å²) >= 11 is 0. The SMILES string of the molecule is COCO[C@]1(COC)CC[C@H]2[C@@H](C)/C=C\[C@]3(O)[C@H](C(C)C)CC[C@]3(C)C(=O)[C@@H]21. The van der Waals surface area contributed by atoms with Crippen LogP contribution in [0, 0.1) is 35.0 Å². The first kappa shape index (κ1) is 21.9. The van der Waals surface area contributed by atoms with Gasteiger partial charge in [0.05, 0.1) is 23.5 Å². The van der Waals surface area contributed by atoms with Gasteiger partial charge in [-0.2, -0.15) is 0 Å². The molecular formula is C23H38O5. The minimum atomic E-state index is -1.11. The zero-order chi connectivity index (χ0) is 20.7. The summed E-state index contributed by atoms with van der Waals surface area (Å²) in [6.07, 6.45) is 7.38. The van der Waals surface area contributed by atoms with Gasteiger partial charge in [-0.15, -0.1) is 0 Å². The van der Waals surface area contributed by atoms with E-state index in [9.17, 15) is 9.90 Å². The highest BCUT2D eigenvalue weighted by Gasteiger charge is 2.66. The van der Waals surface area contributed by atoms with Crippen LogP contribution in [0.3, 0.4) is 0 Å².